The molecule has 0 atom stereocenters. The standard InChI is InChI=1S/C11H18N2O2S/c1-4-5-7-16-8-6-13-9(14)11(2,3)12-10(13)15/h4-5H,6-8H2,1-3H3,(H,12,15)/b5-4+. The summed E-state index contributed by atoms with van der Waals surface area (Å²) in [5, 5.41) is 2.66. The van der Waals surface area contributed by atoms with Crippen molar-refractivity contribution < 1.29 is 9.59 Å². The summed E-state index contributed by atoms with van der Waals surface area (Å²) in [6, 6.07) is -0.276. The minimum Gasteiger partial charge on any atom is -0.324 e. The van der Waals surface area contributed by atoms with Gasteiger partial charge in [-0.15, -0.1) is 0 Å². The summed E-state index contributed by atoms with van der Waals surface area (Å²) >= 11 is 1.71. The van der Waals surface area contributed by atoms with Gasteiger partial charge >= 0.3 is 6.03 Å². The number of carbonyl (C=O) groups excluding carboxylic acids is 2. The van der Waals surface area contributed by atoms with Crippen molar-refractivity contribution in [3.8, 4) is 0 Å². The molecule has 1 fully saturated rings. The number of urea groups is 1. The lowest BCUT2D eigenvalue weighted by Gasteiger charge is -2.15. The van der Waals surface area contributed by atoms with E-state index in [2.05, 4.69) is 11.4 Å². The van der Waals surface area contributed by atoms with E-state index in [0.717, 1.165) is 11.5 Å². The van der Waals surface area contributed by atoms with Crippen LogP contribution in [-0.2, 0) is 4.79 Å². The summed E-state index contributed by atoms with van der Waals surface area (Å²) in [7, 11) is 0. The maximum atomic E-state index is 11.8. The van der Waals surface area contributed by atoms with E-state index in [1.54, 1.807) is 25.6 Å². The van der Waals surface area contributed by atoms with Crippen LogP contribution in [0.15, 0.2) is 12.2 Å². The molecule has 0 aromatic carbocycles. The Kier molecular flexibility index (Phi) is 4.41. The monoisotopic (exact) mass is 242 g/mol. The van der Waals surface area contributed by atoms with Crippen molar-refractivity contribution in [1.82, 2.24) is 10.2 Å². The molecule has 4 nitrogen and oxygen atoms in total. The highest BCUT2D eigenvalue weighted by Gasteiger charge is 2.43. The van der Waals surface area contributed by atoms with Crippen LogP contribution >= 0.6 is 11.8 Å². The Labute approximate surface area is 100 Å². The second kappa shape index (κ2) is 5.39. The van der Waals surface area contributed by atoms with E-state index < -0.39 is 5.54 Å². The van der Waals surface area contributed by atoms with Crippen LogP contribution in [0.1, 0.15) is 20.8 Å². The first-order valence-corrected chi connectivity index (χ1v) is 6.47. The molecular weight excluding hydrogens is 224 g/mol. The number of rotatable bonds is 5. The first-order valence-electron chi connectivity index (χ1n) is 5.32. The first-order chi connectivity index (χ1) is 7.49. The van der Waals surface area contributed by atoms with E-state index in [1.807, 2.05) is 13.0 Å². The van der Waals surface area contributed by atoms with Crippen molar-refractivity contribution in [2.45, 2.75) is 26.3 Å². The third kappa shape index (κ3) is 3.01. The van der Waals surface area contributed by atoms with E-state index >= 15 is 0 Å². The third-order valence-electron chi connectivity index (χ3n) is 2.35. The SMILES string of the molecule is C/C=C/CSCCN1C(=O)NC(C)(C)C1=O. The molecule has 90 valence electrons. The normalized spacial score (nSPS) is 19.6. The summed E-state index contributed by atoms with van der Waals surface area (Å²) in [6.45, 7) is 5.90. The van der Waals surface area contributed by atoms with Gasteiger partial charge in [-0.1, -0.05) is 12.2 Å². The molecule has 1 rings (SSSR count). The topological polar surface area (TPSA) is 49.4 Å². The van der Waals surface area contributed by atoms with Gasteiger partial charge in [0.15, 0.2) is 0 Å². The van der Waals surface area contributed by atoms with Gasteiger partial charge in [0.25, 0.3) is 5.91 Å². The van der Waals surface area contributed by atoms with Gasteiger partial charge in [0.05, 0.1) is 0 Å². The Morgan fingerprint density at radius 1 is 1.44 bits per heavy atom. The number of carbonyl (C=O) groups is 2. The summed E-state index contributed by atoms with van der Waals surface area (Å²) in [6.07, 6.45) is 4.05. The number of nitrogens with one attached hydrogen (secondary N) is 1. The third-order valence-corrected chi connectivity index (χ3v) is 3.25. The number of nitrogens with zero attached hydrogens (tertiary/aromatic N) is 1. The first kappa shape index (κ1) is 13.1. The van der Waals surface area contributed by atoms with Crippen molar-refractivity contribution in [3.63, 3.8) is 0 Å². The van der Waals surface area contributed by atoms with Gasteiger partial charge in [0, 0.05) is 18.1 Å². The Hall–Kier alpha value is -0.970. The number of allylic oxidation sites excluding steroid dienone is 1. The molecule has 0 aliphatic carbocycles. The van der Waals surface area contributed by atoms with Crippen molar-refractivity contribution in [2.75, 3.05) is 18.1 Å². The maximum Gasteiger partial charge on any atom is 0.325 e. The number of imide groups is 1. The summed E-state index contributed by atoms with van der Waals surface area (Å²) in [5.41, 5.74) is -0.745. The predicted octanol–water partition coefficient (Wildman–Crippen LogP) is 1.63. The minimum absolute atomic E-state index is 0.135. The van der Waals surface area contributed by atoms with Crippen LogP contribution < -0.4 is 5.32 Å². The Balaban J connectivity index is 2.38. The smallest absolute Gasteiger partial charge is 0.324 e. The van der Waals surface area contributed by atoms with Gasteiger partial charge < -0.3 is 5.32 Å². The van der Waals surface area contributed by atoms with Crippen LogP contribution in [0, 0.1) is 0 Å². The quantitative estimate of drug-likeness (QED) is 0.453. The summed E-state index contributed by atoms with van der Waals surface area (Å²) < 4.78 is 0. The highest BCUT2D eigenvalue weighted by Crippen LogP contribution is 2.16. The maximum absolute atomic E-state index is 11.8. The molecule has 0 radical (unpaired) electrons. The molecule has 0 spiro atoms. The fourth-order valence-corrected chi connectivity index (χ4v) is 2.23. The molecule has 1 saturated heterocycles. The van der Waals surface area contributed by atoms with Gasteiger partial charge in [-0.05, 0) is 20.8 Å². The van der Waals surface area contributed by atoms with Gasteiger partial charge in [-0.25, -0.2) is 4.79 Å². The lowest BCUT2D eigenvalue weighted by molar-refractivity contribution is -0.130. The van der Waals surface area contributed by atoms with Gasteiger partial charge in [0.1, 0.15) is 5.54 Å². The van der Waals surface area contributed by atoms with E-state index in [9.17, 15) is 9.59 Å². The van der Waals surface area contributed by atoms with Gasteiger partial charge in [-0.2, -0.15) is 11.8 Å². The second-order valence-corrected chi connectivity index (χ2v) is 5.31. The number of hydrogen-bond acceptors (Lipinski definition) is 3. The molecule has 1 heterocycles. The lowest BCUT2D eigenvalue weighted by atomic mass is 10.1. The molecule has 3 amide bonds. The molecule has 0 aromatic heterocycles. The average molecular weight is 242 g/mol. The van der Waals surface area contributed by atoms with Crippen molar-refractivity contribution >= 4 is 23.7 Å². The Morgan fingerprint density at radius 3 is 2.62 bits per heavy atom. The summed E-state index contributed by atoms with van der Waals surface area (Å²) in [5.74, 6) is 1.56. The zero-order chi connectivity index (χ0) is 12.2. The fourth-order valence-electron chi connectivity index (χ4n) is 1.42. The minimum atomic E-state index is -0.745. The molecule has 5 heteroatoms. The van der Waals surface area contributed by atoms with Gasteiger partial charge in [-0.3, -0.25) is 9.69 Å². The van der Waals surface area contributed by atoms with Crippen LogP contribution in [0.5, 0.6) is 0 Å². The second-order valence-electron chi connectivity index (χ2n) is 4.16. The average Bonchev–Trinajstić information content (AvgIpc) is 2.39. The van der Waals surface area contributed by atoms with E-state index in [0.29, 0.717) is 6.54 Å². The molecular formula is C11H18N2O2S. The predicted molar refractivity (Wildman–Crippen MR) is 66.5 cm³/mol. The Bertz CT molecular complexity index is 313. The van der Waals surface area contributed by atoms with Crippen LogP contribution in [0.2, 0.25) is 0 Å². The van der Waals surface area contributed by atoms with E-state index in [-0.39, 0.29) is 11.9 Å². The van der Waals surface area contributed by atoms with Crippen LogP contribution in [0.3, 0.4) is 0 Å². The molecule has 0 unspecified atom stereocenters. The van der Waals surface area contributed by atoms with Crippen molar-refractivity contribution in [2.24, 2.45) is 0 Å². The largest absolute Gasteiger partial charge is 0.325 e. The molecule has 0 bridgehead atoms. The zero-order valence-corrected chi connectivity index (χ0v) is 10.8. The van der Waals surface area contributed by atoms with Crippen LogP contribution in [-0.4, -0.2) is 40.4 Å². The molecule has 1 N–H and O–H groups in total. The highest BCUT2D eigenvalue weighted by molar-refractivity contribution is 7.99. The van der Waals surface area contributed by atoms with Crippen molar-refractivity contribution in [1.29, 1.82) is 0 Å². The van der Waals surface area contributed by atoms with Gasteiger partial charge in [0.2, 0.25) is 0 Å². The highest BCUT2D eigenvalue weighted by atomic mass is 32.2. The zero-order valence-electron chi connectivity index (χ0n) is 9.95. The molecule has 16 heavy (non-hydrogen) atoms. The van der Waals surface area contributed by atoms with Crippen molar-refractivity contribution in [3.05, 3.63) is 12.2 Å². The lowest BCUT2D eigenvalue weighted by Crippen LogP contribution is -2.40. The van der Waals surface area contributed by atoms with Crippen LogP contribution in [0.25, 0.3) is 0 Å². The number of amides is 3. The number of hydrogen-bond donors (Lipinski definition) is 1. The number of thioether (sulfide) groups is 1. The summed E-state index contributed by atoms with van der Waals surface area (Å²) in [4.78, 5) is 24.6. The molecule has 1 aliphatic heterocycles. The molecule has 0 saturated carbocycles. The molecule has 0 aromatic rings. The van der Waals surface area contributed by atoms with Crippen LogP contribution in [0.4, 0.5) is 4.79 Å². The Morgan fingerprint density at radius 2 is 2.12 bits per heavy atom. The fraction of sp³-hybridized carbons (Fsp3) is 0.636. The molecule has 1 aliphatic rings. The van der Waals surface area contributed by atoms with E-state index in [1.165, 1.54) is 4.90 Å². The van der Waals surface area contributed by atoms with E-state index in [4.69, 9.17) is 0 Å².